The Hall–Kier alpha value is -1.26. The Kier molecular flexibility index (Phi) is 8.28. The van der Waals surface area contributed by atoms with Crippen molar-refractivity contribution in [2.45, 2.75) is 37.6 Å². The minimum absolute atomic E-state index is 0.107. The minimum atomic E-state index is -1.12. The molecule has 8 nitrogen and oxygen atoms in total. The predicted molar refractivity (Wildman–Crippen MR) is 76.6 cm³/mol. The first-order chi connectivity index (χ1) is 10.7. The SMILES string of the molecule is CO.NOCc1ccccc1O[C@H]1C[C@@H](O)[C@H](O)C(CO)O1. The number of aliphatic hydroxyl groups excluding tert-OH is 4. The van der Waals surface area contributed by atoms with E-state index in [1.807, 2.05) is 6.07 Å². The van der Waals surface area contributed by atoms with Gasteiger partial charge in [-0.15, -0.1) is 0 Å². The molecule has 1 aliphatic heterocycles. The van der Waals surface area contributed by atoms with E-state index < -0.39 is 31.2 Å². The summed E-state index contributed by atoms with van der Waals surface area (Å²) in [6.45, 7) is -0.219. The molecule has 1 aromatic rings. The zero-order valence-electron chi connectivity index (χ0n) is 12.3. The van der Waals surface area contributed by atoms with Gasteiger partial charge in [0.05, 0.1) is 19.3 Å². The van der Waals surface area contributed by atoms with Gasteiger partial charge in [-0.1, -0.05) is 18.2 Å². The average molecular weight is 317 g/mol. The van der Waals surface area contributed by atoms with E-state index in [1.54, 1.807) is 18.2 Å². The van der Waals surface area contributed by atoms with Gasteiger partial charge in [-0.3, -0.25) is 4.84 Å². The Morgan fingerprint density at radius 3 is 2.59 bits per heavy atom. The van der Waals surface area contributed by atoms with Crippen molar-refractivity contribution < 1.29 is 34.7 Å². The Morgan fingerprint density at radius 1 is 1.27 bits per heavy atom. The summed E-state index contributed by atoms with van der Waals surface area (Å²) in [6, 6.07) is 7.12. The van der Waals surface area contributed by atoms with Crippen molar-refractivity contribution in [2.75, 3.05) is 13.7 Å². The average Bonchev–Trinajstić information content (AvgIpc) is 2.54. The molecule has 1 saturated heterocycles. The van der Waals surface area contributed by atoms with Crippen LogP contribution < -0.4 is 10.6 Å². The summed E-state index contributed by atoms with van der Waals surface area (Å²) in [6.07, 6.45) is -3.66. The predicted octanol–water partition coefficient (Wildman–Crippen LogP) is -1.11. The minimum Gasteiger partial charge on any atom is -0.464 e. The summed E-state index contributed by atoms with van der Waals surface area (Å²) in [5, 5.41) is 35.5. The van der Waals surface area contributed by atoms with Gasteiger partial charge in [0.2, 0.25) is 6.29 Å². The Morgan fingerprint density at radius 2 is 1.95 bits per heavy atom. The van der Waals surface area contributed by atoms with Crippen molar-refractivity contribution in [2.24, 2.45) is 5.90 Å². The van der Waals surface area contributed by atoms with E-state index in [0.29, 0.717) is 5.75 Å². The maximum Gasteiger partial charge on any atom is 0.202 e. The number of ether oxygens (including phenoxy) is 2. The van der Waals surface area contributed by atoms with Crippen LogP contribution in [0.15, 0.2) is 24.3 Å². The number of benzene rings is 1. The molecule has 1 aromatic carbocycles. The molecule has 1 heterocycles. The molecule has 1 aliphatic rings. The summed E-state index contributed by atoms with van der Waals surface area (Å²) in [5.41, 5.74) is 0.736. The van der Waals surface area contributed by atoms with E-state index in [1.165, 1.54) is 0 Å². The number of rotatable bonds is 5. The van der Waals surface area contributed by atoms with Crippen LogP contribution in [0.1, 0.15) is 12.0 Å². The van der Waals surface area contributed by atoms with Crippen LogP contribution in [0.2, 0.25) is 0 Å². The second-order valence-electron chi connectivity index (χ2n) is 4.62. The standard InChI is InChI=1S/C13H19NO6.CH4O/c14-18-7-8-3-1-2-4-10(8)19-12-5-9(16)13(17)11(6-15)20-12;1-2/h1-4,9,11-13,15-17H,5-7,14H2;2H,1H3/t9-,11?,12-,13+;/m1./s1. The van der Waals surface area contributed by atoms with E-state index >= 15 is 0 Å². The maximum absolute atomic E-state index is 9.73. The summed E-state index contributed by atoms with van der Waals surface area (Å²) in [5.74, 6) is 5.57. The van der Waals surface area contributed by atoms with Crippen LogP contribution in [0.5, 0.6) is 5.75 Å². The highest BCUT2D eigenvalue weighted by Crippen LogP contribution is 2.26. The van der Waals surface area contributed by atoms with Crippen LogP contribution in [0, 0.1) is 0 Å². The zero-order valence-corrected chi connectivity index (χ0v) is 12.3. The van der Waals surface area contributed by atoms with E-state index in [4.69, 9.17) is 25.6 Å². The molecular weight excluding hydrogens is 294 g/mol. The van der Waals surface area contributed by atoms with E-state index in [0.717, 1.165) is 12.7 Å². The fourth-order valence-electron chi connectivity index (χ4n) is 2.11. The highest BCUT2D eigenvalue weighted by molar-refractivity contribution is 5.32. The number of hydrogen-bond donors (Lipinski definition) is 5. The first-order valence-electron chi connectivity index (χ1n) is 6.79. The molecule has 1 fully saturated rings. The lowest BCUT2D eigenvalue weighted by Crippen LogP contribution is -2.51. The van der Waals surface area contributed by atoms with Crippen molar-refractivity contribution in [3.05, 3.63) is 29.8 Å². The molecular formula is C14H23NO7. The van der Waals surface area contributed by atoms with Crippen LogP contribution in [0.4, 0.5) is 0 Å². The second kappa shape index (κ2) is 9.70. The molecule has 6 N–H and O–H groups in total. The van der Waals surface area contributed by atoms with Crippen LogP contribution >= 0.6 is 0 Å². The fraction of sp³-hybridized carbons (Fsp3) is 0.571. The summed E-state index contributed by atoms with van der Waals surface area (Å²) in [4.78, 5) is 4.59. The molecule has 2 rings (SSSR count). The molecule has 22 heavy (non-hydrogen) atoms. The lowest BCUT2D eigenvalue weighted by atomic mass is 10.0. The molecule has 0 aromatic heterocycles. The van der Waals surface area contributed by atoms with Gasteiger partial charge < -0.3 is 29.9 Å². The number of aliphatic hydroxyl groups is 4. The van der Waals surface area contributed by atoms with Crippen LogP contribution in [-0.2, 0) is 16.2 Å². The van der Waals surface area contributed by atoms with Crippen molar-refractivity contribution in [1.82, 2.24) is 0 Å². The van der Waals surface area contributed by atoms with Gasteiger partial charge in [-0.05, 0) is 6.07 Å². The molecule has 4 atom stereocenters. The summed E-state index contributed by atoms with van der Waals surface area (Å²) >= 11 is 0. The van der Waals surface area contributed by atoms with Crippen molar-refractivity contribution >= 4 is 0 Å². The molecule has 1 unspecified atom stereocenters. The van der Waals surface area contributed by atoms with Gasteiger partial charge in [0.15, 0.2) is 0 Å². The first kappa shape index (κ1) is 18.8. The second-order valence-corrected chi connectivity index (χ2v) is 4.62. The molecule has 0 bridgehead atoms. The molecule has 0 radical (unpaired) electrons. The summed E-state index contributed by atoms with van der Waals surface area (Å²) in [7, 11) is 1.00. The topological polar surface area (TPSA) is 135 Å². The number of hydrogen-bond acceptors (Lipinski definition) is 8. The van der Waals surface area contributed by atoms with Crippen molar-refractivity contribution in [3.8, 4) is 5.75 Å². The van der Waals surface area contributed by atoms with Gasteiger partial charge in [0, 0.05) is 19.1 Å². The third-order valence-corrected chi connectivity index (χ3v) is 3.19. The third kappa shape index (κ3) is 4.89. The van der Waals surface area contributed by atoms with Gasteiger partial charge >= 0.3 is 0 Å². The monoisotopic (exact) mass is 317 g/mol. The molecule has 126 valence electrons. The van der Waals surface area contributed by atoms with E-state index in [9.17, 15) is 10.2 Å². The molecule has 8 heteroatoms. The summed E-state index contributed by atoms with van der Waals surface area (Å²) < 4.78 is 11.1. The van der Waals surface area contributed by atoms with Gasteiger partial charge in [0.1, 0.15) is 18.0 Å². The number of nitrogens with two attached hydrogens (primary N) is 1. The molecule has 0 saturated carbocycles. The van der Waals surface area contributed by atoms with Gasteiger partial charge in [-0.2, -0.15) is 0 Å². The molecule has 0 spiro atoms. The fourth-order valence-corrected chi connectivity index (χ4v) is 2.11. The van der Waals surface area contributed by atoms with Gasteiger partial charge in [-0.25, -0.2) is 5.90 Å². The highest BCUT2D eigenvalue weighted by Gasteiger charge is 2.37. The Labute approximate surface area is 128 Å². The van der Waals surface area contributed by atoms with E-state index in [-0.39, 0.29) is 13.0 Å². The third-order valence-electron chi connectivity index (χ3n) is 3.19. The van der Waals surface area contributed by atoms with Crippen LogP contribution in [0.3, 0.4) is 0 Å². The zero-order chi connectivity index (χ0) is 16.5. The lowest BCUT2D eigenvalue weighted by molar-refractivity contribution is -0.230. The molecule has 0 amide bonds. The maximum atomic E-state index is 9.73. The quantitative estimate of drug-likeness (QED) is 0.432. The normalized spacial score (nSPS) is 27.7. The number of para-hydroxylation sites is 1. The van der Waals surface area contributed by atoms with Gasteiger partial charge in [0.25, 0.3) is 0 Å². The largest absolute Gasteiger partial charge is 0.464 e. The first-order valence-corrected chi connectivity index (χ1v) is 6.79. The van der Waals surface area contributed by atoms with Crippen LogP contribution in [0.25, 0.3) is 0 Å². The van der Waals surface area contributed by atoms with E-state index in [2.05, 4.69) is 4.84 Å². The lowest BCUT2D eigenvalue weighted by Gasteiger charge is -2.36. The Bertz CT molecular complexity index is 431. The van der Waals surface area contributed by atoms with Crippen molar-refractivity contribution in [3.63, 3.8) is 0 Å². The van der Waals surface area contributed by atoms with Crippen LogP contribution in [-0.4, -0.2) is 58.7 Å². The highest BCUT2D eigenvalue weighted by atomic mass is 16.7. The smallest absolute Gasteiger partial charge is 0.202 e. The van der Waals surface area contributed by atoms with Crippen molar-refractivity contribution in [1.29, 1.82) is 0 Å². The Balaban J connectivity index is 0.00000116. The molecule has 0 aliphatic carbocycles.